The Morgan fingerprint density at radius 1 is 1.26 bits per heavy atom. The third kappa shape index (κ3) is 4.13. The van der Waals surface area contributed by atoms with Gasteiger partial charge in [0.2, 0.25) is 0 Å². The molecule has 1 unspecified atom stereocenters. The zero-order valence-electron chi connectivity index (χ0n) is 14.1. The van der Waals surface area contributed by atoms with Crippen LogP contribution in [-0.4, -0.2) is 38.6 Å². The first-order chi connectivity index (χ1) is 11.1. The van der Waals surface area contributed by atoms with Crippen molar-refractivity contribution < 1.29 is 13.9 Å². The maximum absolute atomic E-state index is 12.2. The molecule has 0 fully saturated rings. The van der Waals surface area contributed by atoms with E-state index in [4.69, 9.17) is 9.15 Å². The number of nitrogens with one attached hydrogen (secondary N) is 1. The Bertz CT molecular complexity index is 649. The van der Waals surface area contributed by atoms with Crippen molar-refractivity contribution in [3.8, 4) is 5.75 Å². The topological polar surface area (TPSA) is 54.7 Å². The molecule has 2 aromatic rings. The monoisotopic (exact) mass is 316 g/mol. The Labute approximate surface area is 137 Å². The van der Waals surface area contributed by atoms with Crippen LogP contribution in [0.2, 0.25) is 0 Å². The molecule has 5 nitrogen and oxygen atoms in total. The highest BCUT2D eigenvalue weighted by atomic mass is 16.5. The molecule has 0 aliphatic rings. The molecule has 1 aromatic carbocycles. The lowest BCUT2D eigenvalue weighted by Gasteiger charge is -2.26. The minimum atomic E-state index is -0.202. The number of para-hydroxylation sites is 1. The first kappa shape index (κ1) is 17.1. The number of rotatable bonds is 7. The van der Waals surface area contributed by atoms with Crippen LogP contribution in [0.5, 0.6) is 5.75 Å². The molecular weight excluding hydrogens is 292 g/mol. The van der Waals surface area contributed by atoms with Crippen molar-refractivity contribution in [2.24, 2.45) is 0 Å². The Morgan fingerprint density at radius 2 is 2.00 bits per heavy atom. The van der Waals surface area contributed by atoms with E-state index in [2.05, 4.69) is 10.2 Å². The Morgan fingerprint density at radius 3 is 2.61 bits per heavy atom. The highest BCUT2D eigenvalue weighted by molar-refractivity contribution is 5.91. The standard InChI is InChI=1S/C18H24N2O3/c1-5-13-10-11-17(23-13)18(21)19-12-15(20(2)3)14-8-6-7-9-16(14)22-4/h6-11,15H,5,12H2,1-4H3,(H,19,21). The molecule has 0 aliphatic heterocycles. The molecular formula is C18H24N2O3. The fourth-order valence-electron chi connectivity index (χ4n) is 2.48. The molecule has 0 bridgehead atoms. The van der Waals surface area contributed by atoms with Gasteiger partial charge in [0, 0.05) is 18.5 Å². The van der Waals surface area contributed by atoms with Gasteiger partial charge in [-0.1, -0.05) is 25.1 Å². The number of ether oxygens (including phenoxy) is 1. The fraction of sp³-hybridized carbons (Fsp3) is 0.389. The van der Waals surface area contributed by atoms with Gasteiger partial charge in [-0.2, -0.15) is 0 Å². The molecule has 1 amide bonds. The van der Waals surface area contributed by atoms with Crippen LogP contribution in [0.3, 0.4) is 0 Å². The van der Waals surface area contributed by atoms with Crippen molar-refractivity contribution in [1.82, 2.24) is 10.2 Å². The maximum atomic E-state index is 12.2. The van der Waals surface area contributed by atoms with E-state index in [9.17, 15) is 4.79 Å². The zero-order valence-corrected chi connectivity index (χ0v) is 14.1. The van der Waals surface area contributed by atoms with E-state index < -0.39 is 0 Å². The highest BCUT2D eigenvalue weighted by Gasteiger charge is 2.20. The van der Waals surface area contributed by atoms with Crippen LogP contribution in [0.25, 0.3) is 0 Å². The van der Waals surface area contributed by atoms with Crippen molar-refractivity contribution in [3.05, 3.63) is 53.5 Å². The molecule has 0 saturated heterocycles. The van der Waals surface area contributed by atoms with Gasteiger partial charge >= 0.3 is 0 Å². The van der Waals surface area contributed by atoms with Gasteiger partial charge in [-0.25, -0.2) is 0 Å². The van der Waals surface area contributed by atoms with E-state index in [1.807, 2.05) is 51.4 Å². The number of furan rings is 1. The van der Waals surface area contributed by atoms with Crippen LogP contribution >= 0.6 is 0 Å². The van der Waals surface area contributed by atoms with Crippen molar-refractivity contribution in [2.75, 3.05) is 27.7 Å². The molecule has 0 aliphatic carbocycles. The van der Waals surface area contributed by atoms with Crippen LogP contribution in [-0.2, 0) is 6.42 Å². The molecule has 1 heterocycles. The third-order valence-electron chi connectivity index (χ3n) is 3.81. The van der Waals surface area contributed by atoms with Gasteiger partial charge < -0.3 is 19.4 Å². The first-order valence-corrected chi connectivity index (χ1v) is 7.73. The summed E-state index contributed by atoms with van der Waals surface area (Å²) in [6.45, 7) is 2.46. The predicted octanol–water partition coefficient (Wildman–Crippen LogP) is 2.88. The lowest BCUT2D eigenvalue weighted by Crippen LogP contribution is -2.34. The summed E-state index contributed by atoms with van der Waals surface area (Å²) < 4.78 is 10.9. The molecule has 0 spiro atoms. The SMILES string of the molecule is CCc1ccc(C(=O)NCC(c2ccccc2OC)N(C)C)o1. The largest absolute Gasteiger partial charge is 0.496 e. The number of methoxy groups -OCH3 is 1. The Kier molecular flexibility index (Phi) is 5.82. The summed E-state index contributed by atoms with van der Waals surface area (Å²) in [5.74, 6) is 1.77. The third-order valence-corrected chi connectivity index (χ3v) is 3.81. The Balaban J connectivity index is 2.09. The summed E-state index contributed by atoms with van der Waals surface area (Å²) in [6, 6.07) is 11.4. The zero-order chi connectivity index (χ0) is 16.8. The summed E-state index contributed by atoms with van der Waals surface area (Å²) in [7, 11) is 5.61. The van der Waals surface area contributed by atoms with E-state index in [0.717, 1.165) is 23.5 Å². The summed E-state index contributed by atoms with van der Waals surface area (Å²) in [5.41, 5.74) is 1.04. The molecule has 2 rings (SSSR count). The summed E-state index contributed by atoms with van der Waals surface area (Å²) in [6.07, 6.45) is 0.773. The van der Waals surface area contributed by atoms with Crippen LogP contribution in [0, 0.1) is 0 Å². The number of benzene rings is 1. The van der Waals surface area contributed by atoms with Crippen molar-refractivity contribution in [2.45, 2.75) is 19.4 Å². The number of likely N-dealkylation sites (N-methyl/N-ethyl adjacent to an activating group) is 1. The molecule has 5 heteroatoms. The van der Waals surface area contributed by atoms with Gasteiger partial charge in [0.25, 0.3) is 5.91 Å². The summed E-state index contributed by atoms with van der Waals surface area (Å²) in [5, 5.41) is 2.94. The predicted molar refractivity (Wildman–Crippen MR) is 89.8 cm³/mol. The number of hydrogen-bond acceptors (Lipinski definition) is 4. The van der Waals surface area contributed by atoms with E-state index >= 15 is 0 Å². The van der Waals surface area contributed by atoms with Gasteiger partial charge in [-0.15, -0.1) is 0 Å². The molecule has 1 N–H and O–H groups in total. The normalized spacial score (nSPS) is 12.2. The average molecular weight is 316 g/mol. The lowest BCUT2D eigenvalue weighted by atomic mass is 10.0. The highest BCUT2D eigenvalue weighted by Crippen LogP contribution is 2.27. The second-order valence-electron chi connectivity index (χ2n) is 5.55. The smallest absolute Gasteiger partial charge is 0.287 e. The number of hydrogen-bond donors (Lipinski definition) is 1. The van der Waals surface area contributed by atoms with E-state index in [0.29, 0.717) is 12.3 Å². The molecule has 124 valence electrons. The summed E-state index contributed by atoms with van der Waals surface area (Å²) >= 11 is 0. The molecule has 1 atom stereocenters. The quantitative estimate of drug-likeness (QED) is 0.853. The van der Waals surface area contributed by atoms with Gasteiger partial charge in [0.15, 0.2) is 5.76 Å². The molecule has 1 aromatic heterocycles. The number of amides is 1. The maximum Gasteiger partial charge on any atom is 0.287 e. The minimum absolute atomic E-state index is 0.00991. The van der Waals surface area contributed by atoms with Crippen LogP contribution in [0.15, 0.2) is 40.8 Å². The van der Waals surface area contributed by atoms with Crippen molar-refractivity contribution >= 4 is 5.91 Å². The van der Waals surface area contributed by atoms with Crippen molar-refractivity contribution in [3.63, 3.8) is 0 Å². The second kappa shape index (κ2) is 7.83. The van der Waals surface area contributed by atoms with Gasteiger partial charge in [0.05, 0.1) is 13.2 Å². The van der Waals surface area contributed by atoms with E-state index in [1.54, 1.807) is 13.2 Å². The first-order valence-electron chi connectivity index (χ1n) is 7.73. The van der Waals surface area contributed by atoms with Crippen molar-refractivity contribution in [1.29, 1.82) is 0 Å². The Hall–Kier alpha value is -2.27. The van der Waals surface area contributed by atoms with E-state index in [1.165, 1.54) is 0 Å². The summed E-state index contributed by atoms with van der Waals surface area (Å²) in [4.78, 5) is 14.3. The average Bonchev–Trinajstić information content (AvgIpc) is 3.04. The number of aryl methyl sites for hydroxylation is 1. The molecule has 23 heavy (non-hydrogen) atoms. The van der Waals surface area contributed by atoms with Gasteiger partial charge in [0.1, 0.15) is 11.5 Å². The number of carbonyl (C=O) groups is 1. The minimum Gasteiger partial charge on any atom is -0.496 e. The number of nitrogens with zero attached hydrogens (tertiary/aromatic N) is 1. The van der Waals surface area contributed by atoms with Gasteiger partial charge in [-0.3, -0.25) is 4.79 Å². The lowest BCUT2D eigenvalue weighted by molar-refractivity contribution is 0.0912. The van der Waals surface area contributed by atoms with Gasteiger partial charge in [-0.05, 0) is 32.3 Å². The second-order valence-corrected chi connectivity index (χ2v) is 5.55. The van der Waals surface area contributed by atoms with E-state index in [-0.39, 0.29) is 11.9 Å². The van der Waals surface area contributed by atoms with Crippen LogP contribution in [0.4, 0.5) is 0 Å². The van der Waals surface area contributed by atoms with Crippen LogP contribution in [0.1, 0.15) is 34.8 Å². The molecule has 0 radical (unpaired) electrons. The number of carbonyl (C=O) groups excluding carboxylic acids is 1. The fourth-order valence-corrected chi connectivity index (χ4v) is 2.48. The van der Waals surface area contributed by atoms with Crippen LogP contribution < -0.4 is 10.1 Å². The molecule has 0 saturated carbocycles.